The summed E-state index contributed by atoms with van der Waals surface area (Å²) in [5.41, 5.74) is 4.20. The van der Waals surface area contributed by atoms with E-state index in [9.17, 15) is 4.79 Å². The number of benzene rings is 2. The quantitative estimate of drug-likeness (QED) is 0.719. The van der Waals surface area contributed by atoms with Gasteiger partial charge in [-0.2, -0.15) is 10.1 Å². The fraction of sp³-hybridized carbons (Fsp3) is 0.136. The second kappa shape index (κ2) is 7.52. The highest BCUT2D eigenvalue weighted by Gasteiger charge is 2.33. The van der Waals surface area contributed by atoms with Crippen LogP contribution in [0.2, 0.25) is 0 Å². The topological polar surface area (TPSA) is 71.8 Å². The number of nitrogens with one attached hydrogen (secondary N) is 2. The number of amides is 1. The Hall–Kier alpha value is -3.67. The molecule has 0 spiro atoms. The van der Waals surface area contributed by atoms with Crippen LogP contribution in [-0.2, 0) is 4.79 Å². The lowest BCUT2D eigenvalue weighted by Gasteiger charge is -2.29. The minimum atomic E-state index is -0.345. The van der Waals surface area contributed by atoms with Crippen LogP contribution < -0.4 is 10.6 Å². The summed E-state index contributed by atoms with van der Waals surface area (Å²) in [6, 6.07) is 19.1. The number of hydrogen-bond acceptors (Lipinski definition) is 4. The minimum absolute atomic E-state index is 0.164. The largest absolute Gasteiger partial charge is 0.328 e. The molecule has 0 bridgehead atoms. The number of anilines is 2. The van der Waals surface area contributed by atoms with Gasteiger partial charge in [0.05, 0.1) is 5.57 Å². The first-order valence-electron chi connectivity index (χ1n) is 9.10. The molecule has 0 saturated heterocycles. The van der Waals surface area contributed by atoms with Crippen molar-refractivity contribution in [2.24, 2.45) is 0 Å². The van der Waals surface area contributed by atoms with Gasteiger partial charge in [-0.25, -0.2) is 4.68 Å². The molecule has 1 amide bonds. The molecule has 2 N–H and O–H groups in total. The standard InChI is InChI=1S/C22H21N5O/c1-15(13-17-9-5-3-6-10-17)20-19(16(2)25-22-23-14-24-27(20)22)21(28)26-18-11-7-4-8-12-18/h3-14,20H,1-2H3,(H,26,28)(H,23,24,25)/b15-13+. The Balaban J connectivity index is 1.74. The summed E-state index contributed by atoms with van der Waals surface area (Å²) in [6.07, 6.45) is 3.57. The van der Waals surface area contributed by atoms with Crippen LogP contribution in [0.3, 0.4) is 0 Å². The van der Waals surface area contributed by atoms with E-state index in [1.54, 1.807) is 4.68 Å². The van der Waals surface area contributed by atoms with E-state index in [0.717, 1.165) is 22.5 Å². The van der Waals surface area contributed by atoms with Crippen LogP contribution in [0.15, 0.2) is 83.8 Å². The second-order valence-electron chi connectivity index (χ2n) is 6.71. The lowest BCUT2D eigenvalue weighted by molar-refractivity contribution is -0.113. The number of para-hydroxylation sites is 1. The van der Waals surface area contributed by atoms with Crippen molar-refractivity contribution in [1.29, 1.82) is 0 Å². The highest BCUT2D eigenvalue weighted by atomic mass is 16.1. The smallest absolute Gasteiger partial charge is 0.255 e. The molecule has 28 heavy (non-hydrogen) atoms. The average Bonchev–Trinajstić information content (AvgIpc) is 3.16. The molecule has 0 radical (unpaired) electrons. The highest BCUT2D eigenvalue weighted by molar-refractivity contribution is 6.06. The van der Waals surface area contributed by atoms with Gasteiger partial charge >= 0.3 is 0 Å². The van der Waals surface area contributed by atoms with E-state index < -0.39 is 0 Å². The van der Waals surface area contributed by atoms with E-state index in [2.05, 4.69) is 26.8 Å². The van der Waals surface area contributed by atoms with Crippen molar-refractivity contribution < 1.29 is 4.79 Å². The van der Waals surface area contributed by atoms with Gasteiger partial charge in [0.25, 0.3) is 5.91 Å². The van der Waals surface area contributed by atoms with Gasteiger partial charge in [0.2, 0.25) is 5.95 Å². The molecule has 1 aliphatic heterocycles. The van der Waals surface area contributed by atoms with E-state index in [1.165, 1.54) is 6.33 Å². The van der Waals surface area contributed by atoms with E-state index in [4.69, 9.17) is 0 Å². The summed E-state index contributed by atoms with van der Waals surface area (Å²) in [7, 11) is 0. The number of carbonyl (C=O) groups excluding carboxylic acids is 1. The van der Waals surface area contributed by atoms with Crippen LogP contribution in [0.5, 0.6) is 0 Å². The number of hydrogen-bond donors (Lipinski definition) is 2. The first-order valence-corrected chi connectivity index (χ1v) is 9.10. The maximum absolute atomic E-state index is 13.2. The predicted molar refractivity (Wildman–Crippen MR) is 111 cm³/mol. The Morgan fingerprint density at radius 2 is 1.79 bits per heavy atom. The van der Waals surface area contributed by atoms with Crippen molar-refractivity contribution >= 4 is 23.6 Å². The van der Waals surface area contributed by atoms with Crippen LogP contribution in [0.4, 0.5) is 11.6 Å². The van der Waals surface area contributed by atoms with Crippen LogP contribution in [-0.4, -0.2) is 20.7 Å². The molecular weight excluding hydrogens is 350 g/mol. The van der Waals surface area contributed by atoms with Crippen molar-refractivity contribution in [3.05, 3.63) is 89.4 Å². The summed E-state index contributed by atoms with van der Waals surface area (Å²) in [5, 5.41) is 10.5. The maximum atomic E-state index is 13.2. The Morgan fingerprint density at radius 3 is 2.50 bits per heavy atom. The number of rotatable bonds is 4. The highest BCUT2D eigenvalue weighted by Crippen LogP contribution is 2.35. The Labute approximate surface area is 163 Å². The normalized spacial score (nSPS) is 16.4. The van der Waals surface area contributed by atoms with Gasteiger partial charge in [-0.3, -0.25) is 4.79 Å². The zero-order valence-electron chi connectivity index (χ0n) is 15.8. The van der Waals surface area contributed by atoms with Crippen molar-refractivity contribution in [1.82, 2.24) is 14.8 Å². The molecule has 1 aromatic heterocycles. The molecule has 140 valence electrons. The predicted octanol–water partition coefficient (Wildman–Crippen LogP) is 4.26. The first kappa shape index (κ1) is 17.7. The molecule has 1 atom stereocenters. The van der Waals surface area contributed by atoms with Crippen molar-refractivity contribution in [3.8, 4) is 0 Å². The molecule has 4 rings (SSSR count). The van der Waals surface area contributed by atoms with Gasteiger partial charge in [-0.05, 0) is 37.1 Å². The van der Waals surface area contributed by atoms with E-state index >= 15 is 0 Å². The number of nitrogens with zero attached hydrogens (tertiary/aromatic N) is 3. The number of fused-ring (bicyclic) bond motifs is 1. The third kappa shape index (κ3) is 3.44. The molecular formula is C22H21N5O. The fourth-order valence-electron chi connectivity index (χ4n) is 3.42. The van der Waals surface area contributed by atoms with Crippen LogP contribution in [0, 0.1) is 0 Å². The number of aromatic nitrogens is 3. The summed E-state index contributed by atoms with van der Waals surface area (Å²) in [6.45, 7) is 3.90. The van der Waals surface area contributed by atoms with Crippen LogP contribution in [0.1, 0.15) is 25.5 Å². The monoisotopic (exact) mass is 371 g/mol. The van der Waals surface area contributed by atoms with Gasteiger partial charge in [-0.1, -0.05) is 54.6 Å². The molecule has 0 aliphatic carbocycles. The Kier molecular flexibility index (Phi) is 4.76. The van der Waals surface area contributed by atoms with Gasteiger partial charge < -0.3 is 10.6 Å². The minimum Gasteiger partial charge on any atom is -0.328 e. The molecule has 0 fully saturated rings. The third-order valence-corrected chi connectivity index (χ3v) is 4.70. The van der Waals surface area contributed by atoms with Crippen molar-refractivity contribution in [2.45, 2.75) is 19.9 Å². The number of carbonyl (C=O) groups is 1. The summed E-state index contributed by atoms with van der Waals surface area (Å²) in [5.74, 6) is 0.461. The van der Waals surface area contributed by atoms with E-state index in [-0.39, 0.29) is 11.9 Å². The molecule has 3 aromatic rings. The van der Waals surface area contributed by atoms with E-state index in [1.807, 2.05) is 74.5 Å². The van der Waals surface area contributed by atoms with Gasteiger partial charge in [0.15, 0.2) is 0 Å². The SMILES string of the molecule is CC1=C(C(=O)Nc2ccccc2)C(/C(C)=C/c2ccccc2)n2ncnc2N1. The Morgan fingerprint density at radius 1 is 1.11 bits per heavy atom. The summed E-state index contributed by atoms with van der Waals surface area (Å²) >= 11 is 0. The Bertz CT molecular complexity index is 1050. The number of allylic oxidation sites excluding steroid dienone is 2. The lowest BCUT2D eigenvalue weighted by atomic mass is 9.94. The fourth-order valence-corrected chi connectivity index (χ4v) is 3.42. The molecule has 6 nitrogen and oxygen atoms in total. The van der Waals surface area contributed by atoms with Crippen LogP contribution in [0.25, 0.3) is 6.08 Å². The van der Waals surface area contributed by atoms with Crippen LogP contribution >= 0.6 is 0 Å². The first-order chi connectivity index (χ1) is 13.6. The molecule has 6 heteroatoms. The van der Waals surface area contributed by atoms with Gasteiger partial charge in [0, 0.05) is 11.4 Å². The zero-order chi connectivity index (χ0) is 19.5. The molecule has 1 unspecified atom stereocenters. The second-order valence-corrected chi connectivity index (χ2v) is 6.71. The summed E-state index contributed by atoms with van der Waals surface area (Å²) < 4.78 is 1.75. The third-order valence-electron chi connectivity index (χ3n) is 4.70. The molecule has 1 aliphatic rings. The van der Waals surface area contributed by atoms with E-state index in [0.29, 0.717) is 11.5 Å². The van der Waals surface area contributed by atoms with Crippen molar-refractivity contribution in [2.75, 3.05) is 10.6 Å². The molecule has 2 aromatic carbocycles. The average molecular weight is 371 g/mol. The molecule has 0 saturated carbocycles. The van der Waals surface area contributed by atoms with Gasteiger partial charge in [-0.15, -0.1) is 0 Å². The lowest BCUT2D eigenvalue weighted by Crippen LogP contribution is -2.31. The summed E-state index contributed by atoms with van der Waals surface area (Å²) in [4.78, 5) is 17.5. The zero-order valence-corrected chi connectivity index (χ0v) is 15.8. The van der Waals surface area contributed by atoms with Crippen molar-refractivity contribution in [3.63, 3.8) is 0 Å². The maximum Gasteiger partial charge on any atom is 0.255 e. The van der Waals surface area contributed by atoms with Gasteiger partial charge in [0.1, 0.15) is 12.4 Å². The molecule has 2 heterocycles.